The van der Waals surface area contributed by atoms with E-state index in [0.29, 0.717) is 29.7 Å². The minimum absolute atomic E-state index is 0.0407. The number of nitro groups is 1. The van der Waals surface area contributed by atoms with E-state index in [0.717, 1.165) is 0 Å². The van der Waals surface area contributed by atoms with Gasteiger partial charge >= 0.3 is 0 Å². The lowest BCUT2D eigenvalue weighted by molar-refractivity contribution is -0.384. The zero-order valence-electron chi connectivity index (χ0n) is 11.9. The molecule has 0 atom stereocenters. The summed E-state index contributed by atoms with van der Waals surface area (Å²) in [5.74, 6) is 0.682. The molecule has 1 aromatic heterocycles. The molecule has 7 heteroatoms. The molecule has 0 saturated heterocycles. The highest BCUT2D eigenvalue weighted by Gasteiger charge is 2.07. The summed E-state index contributed by atoms with van der Waals surface area (Å²) in [6.45, 7) is 0.489. The predicted molar refractivity (Wildman–Crippen MR) is 80.2 cm³/mol. The molecule has 0 bridgehead atoms. The Kier molecular flexibility index (Phi) is 4.32. The summed E-state index contributed by atoms with van der Waals surface area (Å²) in [4.78, 5) is 27.6. The van der Waals surface area contributed by atoms with E-state index in [1.54, 1.807) is 32.3 Å². The van der Waals surface area contributed by atoms with Gasteiger partial charge in [0, 0.05) is 44.6 Å². The molecule has 0 radical (unpaired) electrons. The van der Waals surface area contributed by atoms with E-state index < -0.39 is 4.92 Å². The van der Waals surface area contributed by atoms with Crippen molar-refractivity contribution < 1.29 is 9.72 Å². The van der Waals surface area contributed by atoms with Crippen molar-refractivity contribution in [2.24, 2.45) is 0 Å². The summed E-state index contributed by atoms with van der Waals surface area (Å²) >= 11 is 0. The van der Waals surface area contributed by atoms with Crippen LogP contribution >= 0.6 is 0 Å². The number of anilines is 1. The third kappa shape index (κ3) is 3.65. The molecule has 0 spiro atoms. The highest BCUT2D eigenvalue weighted by atomic mass is 16.6. The molecule has 1 amide bonds. The van der Waals surface area contributed by atoms with Gasteiger partial charge in [0.15, 0.2) is 0 Å². The number of fused-ring (bicyclic) bond motifs is 1. The Hall–Kier alpha value is -2.70. The number of nitro benzene ring substituents is 1. The van der Waals surface area contributed by atoms with Crippen LogP contribution in [0, 0.1) is 10.1 Å². The Bertz CT molecular complexity index is 685. The number of hydrogen-bond acceptors (Lipinski definition) is 5. The van der Waals surface area contributed by atoms with Crippen LogP contribution in [0.4, 0.5) is 11.5 Å². The molecule has 0 saturated carbocycles. The fourth-order valence-electron chi connectivity index (χ4n) is 1.85. The van der Waals surface area contributed by atoms with Gasteiger partial charge in [0.2, 0.25) is 5.91 Å². The van der Waals surface area contributed by atoms with E-state index in [9.17, 15) is 14.9 Å². The standard InChI is InChI=1S/C14H16N4O3/c1-17(2)14(19)7-8-15-13-6-3-10-9-11(18(20)21)4-5-12(10)16-13/h3-6,9H,7-8H2,1-2H3,(H,15,16). The summed E-state index contributed by atoms with van der Waals surface area (Å²) in [7, 11) is 3.42. The summed E-state index contributed by atoms with van der Waals surface area (Å²) < 4.78 is 0. The number of non-ortho nitro benzene ring substituents is 1. The zero-order valence-corrected chi connectivity index (χ0v) is 11.9. The van der Waals surface area contributed by atoms with Gasteiger partial charge in [-0.05, 0) is 18.2 Å². The van der Waals surface area contributed by atoms with Crippen LogP contribution in [0.1, 0.15) is 6.42 Å². The van der Waals surface area contributed by atoms with E-state index >= 15 is 0 Å². The van der Waals surface area contributed by atoms with Crippen LogP contribution in [-0.4, -0.2) is 41.4 Å². The number of aromatic nitrogens is 1. The normalized spacial score (nSPS) is 10.4. The van der Waals surface area contributed by atoms with Crippen LogP contribution in [0.2, 0.25) is 0 Å². The van der Waals surface area contributed by atoms with Crippen LogP contribution in [0.25, 0.3) is 10.9 Å². The zero-order chi connectivity index (χ0) is 15.4. The molecule has 0 aliphatic rings. The van der Waals surface area contributed by atoms with Gasteiger partial charge in [0.25, 0.3) is 5.69 Å². The molecule has 110 valence electrons. The predicted octanol–water partition coefficient (Wildman–Crippen LogP) is 2.03. The molecule has 1 N–H and O–H groups in total. The first-order chi connectivity index (χ1) is 9.97. The van der Waals surface area contributed by atoms with Gasteiger partial charge in [-0.15, -0.1) is 0 Å². The second-order valence-electron chi connectivity index (χ2n) is 4.80. The summed E-state index contributed by atoms with van der Waals surface area (Å²) in [6.07, 6.45) is 0.382. The van der Waals surface area contributed by atoms with Gasteiger partial charge in [0.05, 0.1) is 10.4 Å². The number of carbonyl (C=O) groups excluding carboxylic acids is 1. The van der Waals surface area contributed by atoms with Crippen LogP contribution in [0.5, 0.6) is 0 Å². The quantitative estimate of drug-likeness (QED) is 0.671. The number of nitrogens with one attached hydrogen (secondary N) is 1. The van der Waals surface area contributed by atoms with Crippen molar-refractivity contribution in [2.45, 2.75) is 6.42 Å². The molecule has 0 fully saturated rings. The summed E-state index contributed by atoms with van der Waals surface area (Å²) in [5, 5.41) is 14.5. The number of amides is 1. The number of benzene rings is 1. The average molecular weight is 288 g/mol. The maximum absolute atomic E-state index is 11.4. The summed E-state index contributed by atoms with van der Waals surface area (Å²) in [5.41, 5.74) is 0.714. The Morgan fingerprint density at radius 1 is 1.33 bits per heavy atom. The van der Waals surface area contributed by atoms with Crippen molar-refractivity contribution >= 4 is 28.3 Å². The van der Waals surface area contributed by atoms with E-state index in [-0.39, 0.29) is 11.6 Å². The second kappa shape index (κ2) is 6.17. The first-order valence-electron chi connectivity index (χ1n) is 6.46. The van der Waals surface area contributed by atoms with E-state index in [1.165, 1.54) is 17.0 Å². The Morgan fingerprint density at radius 2 is 2.10 bits per heavy atom. The topological polar surface area (TPSA) is 88.4 Å². The Labute approximate surface area is 121 Å². The van der Waals surface area contributed by atoms with Crippen LogP contribution in [-0.2, 0) is 4.79 Å². The monoisotopic (exact) mass is 288 g/mol. The number of pyridine rings is 1. The SMILES string of the molecule is CN(C)C(=O)CCNc1ccc2cc([N+](=O)[O-])ccc2n1. The Morgan fingerprint density at radius 3 is 2.76 bits per heavy atom. The van der Waals surface area contributed by atoms with E-state index in [2.05, 4.69) is 10.3 Å². The second-order valence-corrected chi connectivity index (χ2v) is 4.80. The molecule has 0 unspecified atom stereocenters. The first kappa shape index (κ1) is 14.7. The smallest absolute Gasteiger partial charge is 0.270 e. The number of rotatable bonds is 5. The highest BCUT2D eigenvalue weighted by molar-refractivity contribution is 5.82. The minimum Gasteiger partial charge on any atom is -0.370 e. The van der Waals surface area contributed by atoms with Gasteiger partial charge in [-0.2, -0.15) is 0 Å². The van der Waals surface area contributed by atoms with E-state index in [1.807, 2.05) is 0 Å². The first-order valence-corrected chi connectivity index (χ1v) is 6.46. The number of carbonyl (C=O) groups is 1. The van der Waals surface area contributed by atoms with Crippen molar-refractivity contribution in [1.29, 1.82) is 0 Å². The fourth-order valence-corrected chi connectivity index (χ4v) is 1.85. The maximum Gasteiger partial charge on any atom is 0.270 e. The van der Waals surface area contributed by atoms with Crippen molar-refractivity contribution in [2.75, 3.05) is 26.0 Å². The third-order valence-corrected chi connectivity index (χ3v) is 3.03. The molecule has 2 rings (SSSR count). The molecule has 0 aliphatic heterocycles. The summed E-state index contributed by atoms with van der Waals surface area (Å²) in [6, 6.07) is 8.04. The maximum atomic E-state index is 11.4. The van der Waals surface area contributed by atoms with Gasteiger partial charge in [0.1, 0.15) is 5.82 Å². The highest BCUT2D eigenvalue weighted by Crippen LogP contribution is 2.20. The molecule has 7 nitrogen and oxygen atoms in total. The molecule has 2 aromatic rings. The van der Waals surface area contributed by atoms with Crippen molar-refractivity contribution in [1.82, 2.24) is 9.88 Å². The molecular weight excluding hydrogens is 272 g/mol. The van der Waals surface area contributed by atoms with Crippen LogP contribution in [0.3, 0.4) is 0 Å². The van der Waals surface area contributed by atoms with Crippen molar-refractivity contribution in [3.8, 4) is 0 Å². The molecule has 1 aromatic carbocycles. The van der Waals surface area contributed by atoms with Crippen LogP contribution in [0.15, 0.2) is 30.3 Å². The third-order valence-electron chi connectivity index (χ3n) is 3.03. The number of nitrogens with zero attached hydrogens (tertiary/aromatic N) is 3. The van der Waals surface area contributed by atoms with Gasteiger partial charge < -0.3 is 10.2 Å². The molecule has 1 heterocycles. The number of hydrogen-bond donors (Lipinski definition) is 1. The molecule has 21 heavy (non-hydrogen) atoms. The lowest BCUT2D eigenvalue weighted by atomic mass is 10.2. The molecular formula is C14H16N4O3. The van der Waals surface area contributed by atoms with Gasteiger partial charge in [-0.1, -0.05) is 0 Å². The lowest BCUT2D eigenvalue weighted by Gasteiger charge is -2.11. The molecule has 0 aliphatic carbocycles. The lowest BCUT2D eigenvalue weighted by Crippen LogP contribution is -2.24. The van der Waals surface area contributed by atoms with Gasteiger partial charge in [-0.25, -0.2) is 4.98 Å². The van der Waals surface area contributed by atoms with E-state index in [4.69, 9.17) is 0 Å². The van der Waals surface area contributed by atoms with Crippen LogP contribution < -0.4 is 5.32 Å². The van der Waals surface area contributed by atoms with Crippen molar-refractivity contribution in [3.63, 3.8) is 0 Å². The van der Waals surface area contributed by atoms with Gasteiger partial charge in [-0.3, -0.25) is 14.9 Å². The fraction of sp³-hybridized carbons (Fsp3) is 0.286. The average Bonchev–Trinajstić information content (AvgIpc) is 2.46. The van der Waals surface area contributed by atoms with Crippen molar-refractivity contribution in [3.05, 3.63) is 40.4 Å². The minimum atomic E-state index is -0.432. The largest absolute Gasteiger partial charge is 0.370 e. The Balaban J connectivity index is 2.07.